The average Bonchev–Trinajstić information content (AvgIpc) is 3.05. The molecule has 6 heteroatoms. The zero-order valence-corrected chi connectivity index (χ0v) is 13.2. The smallest absolute Gasteiger partial charge is 0.153 e. The Labute approximate surface area is 132 Å². The number of carbonyl (C=O) groups excluding carboxylic acids is 1. The Bertz CT molecular complexity index is 764. The highest BCUT2D eigenvalue weighted by Gasteiger charge is 2.13. The molecule has 2 aromatic heterocycles. The van der Waals surface area contributed by atoms with E-state index in [2.05, 4.69) is 21.0 Å². The molecule has 0 unspecified atom stereocenters. The Hall–Kier alpha value is -1.43. The summed E-state index contributed by atoms with van der Waals surface area (Å²) in [4.78, 5) is 12.1. The molecule has 0 amide bonds. The van der Waals surface area contributed by atoms with E-state index in [-0.39, 0.29) is 0 Å². The Kier molecular flexibility index (Phi) is 3.74. The molecule has 0 aliphatic rings. The SMILES string of the molecule is O=Cc1cn(-c2ccc(Br)cc2)nc1-c1ccc(Cl)s1. The first-order valence-corrected chi connectivity index (χ1v) is 7.72. The van der Waals surface area contributed by atoms with Crippen molar-refractivity contribution in [3.63, 3.8) is 0 Å². The summed E-state index contributed by atoms with van der Waals surface area (Å²) in [6.45, 7) is 0. The molecule has 0 spiro atoms. The molecule has 100 valence electrons. The molecule has 3 aromatic rings. The number of rotatable bonds is 3. The molecule has 0 radical (unpaired) electrons. The molecule has 1 aromatic carbocycles. The van der Waals surface area contributed by atoms with Crippen molar-refractivity contribution in [1.29, 1.82) is 0 Å². The van der Waals surface area contributed by atoms with Gasteiger partial charge in [0.25, 0.3) is 0 Å². The number of aromatic nitrogens is 2. The van der Waals surface area contributed by atoms with Gasteiger partial charge in [0.15, 0.2) is 6.29 Å². The fourth-order valence-electron chi connectivity index (χ4n) is 1.83. The van der Waals surface area contributed by atoms with Crippen molar-refractivity contribution in [2.45, 2.75) is 0 Å². The third-order valence-corrected chi connectivity index (χ3v) is 4.53. The van der Waals surface area contributed by atoms with Crippen LogP contribution in [-0.2, 0) is 0 Å². The van der Waals surface area contributed by atoms with Crippen molar-refractivity contribution in [3.8, 4) is 16.3 Å². The van der Waals surface area contributed by atoms with E-state index in [0.29, 0.717) is 15.6 Å². The van der Waals surface area contributed by atoms with Gasteiger partial charge < -0.3 is 0 Å². The van der Waals surface area contributed by atoms with E-state index in [0.717, 1.165) is 21.3 Å². The molecule has 0 aliphatic heterocycles. The molecule has 2 heterocycles. The van der Waals surface area contributed by atoms with Crippen LogP contribution in [0.15, 0.2) is 47.1 Å². The van der Waals surface area contributed by atoms with E-state index < -0.39 is 0 Å². The maximum atomic E-state index is 11.2. The number of hydrogen-bond donors (Lipinski definition) is 0. The third kappa shape index (κ3) is 2.57. The molecule has 0 bridgehead atoms. The predicted octanol–water partition coefficient (Wildman–Crippen LogP) is 4.83. The lowest BCUT2D eigenvalue weighted by Crippen LogP contribution is -1.93. The van der Waals surface area contributed by atoms with Crippen LogP contribution in [0.25, 0.3) is 16.3 Å². The minimum atomic E-state index is 0.548. The number of benzene rings is 1. The van der Waals surface area contributed by atoms with Gasteiger partial charge in [0.05, 0.1) is 20.5 Å². The topological polar surface area (TPSA) is 34.9 Å². The van der Waals surface area contributed by atoms with Gasteiger partial charge in [-0.15, -0.1) is 11.3 Å². The van der Waals surface area contributed by atoms with E-state index in [1.807, 2.05) is 30.3 Å². The van der Waals surface area contributed by atoms with E-state index in [1.54, 1.807) is 16.9 Å². The summed E-state index contributed by atoms with van der Waals surface area (Å²) in [6.07, 6.45) is 2.53. The monoisotopic (exact) mass is 366 g/mol. The summed E-state index contributed by atoms with van der Waals surface area (Å²) in [5, 5.41) is 4.49. The zero-order valence-electron chi connectivity index (χ0n) is 10.1. The minimum Gasteiger partial charge on any atom is -0.298 e. The van der Waals surface area contributed by atoms with Crippen LogP contribution in [0.4, 0.5) is 0 Å². The highest BCUT2D eigenvalue weighted by molar-refractivity contribution is 9.10. The summed E-state index contributed by atoms with van der Waals surface area (Å²) in [6, 6.07) is 11.4. The number of halogens is 2. The first-order valence-electron chi connectivity index (χ1n) is 5.74. The van der Waals surface area contributed by atoms with Crippen LogP contribution in [-0.4, -0.2) is 16.1 Å². The number of thiophene rings is 1. The van der Waals surface area contributed by atoms with Gasteiger partial charge in [0.1, 0.15) is 5.69 Å². The molecule has 0 saturated carbocycles. The van der Waals surface area contributed by atoms with Gasteiger partial charge in [0, 0.05) is 10.7 Å². The quantitative estimate of drug-likeness (QED) is 0.622. The zero-order chi connectivity index (χ0) is 14.1. The van der Waals surface area contributed by atoms with Gasteiger partial charge in [-0.1, -0.05) is 27.5 Å². The normalized spacial score (nSPS) is 10.7. The number of carbonyl (C=O) groups is 1. The van der Waals surface area contributed by atoms with Crippen LogP contribution in [0.3, 0.4) is 0 Å². The average molecular weight is 368 g/mol. The standard InChI is InChI=1S/C14H8BrClN2OS/c15-10-1-3-11(4-2-10)18-7-9(8-19)14(17-18)12-5-6-13(16)20-12/h1-8H. The summed E-state index contributed by atoms with van der Waals surface area (Å²) < 4.78 is 3.36. The molecular formula is C14H8BrClN2OS. The number of hydrogen-bond acceptors (Lipinski definition) is 3. The van der Waals surface area contributed by atoms with Crippen molar-refractivity contribution in [2.75, 3.05) is 0 Å². The first kappa shape index (κ1) is 13.5. The lowest BCUT2D eigenvalue weighted by molar-refractivity contribution is 0.112. The lowest BCUT2D eigenvalue weighted by atomic mass is 10.2. The Morgan fingerprint density at radius 1 is 1.20 bits per heavy atom. The number of nitrogens with zero attached hydrogens (tertiary/aromatic N) is 2. The minimum absolute atomic E-state index is 0.548. The largest absolute Gasteiger partial charge is 0.298 e. The summed E-state index contributed by atoms with van der Waals surface area (Å²) in [5.74, 6) is 0. The van der Waals surface area contributed by atoms with Crippen molar-refractivity contribution in [1.82, 2.24) is 9.78 Å². The van der Waals surface area contributed by atoms with Crippen molar-refractivity contribution in [3.05, 3.63) is 57.0 Å². The molecule has 3 nitrogen and oxygen atoms in total. The van der Waals surface area contributed by atoms with Crippen molar-refractivity contribution < 1.29 is 4.79 Å². The highest BCUT2D eigenvalue weighted by Crippen LogP contribution is 2.32. The second kappa shape index (κ2) is 5.52. The molecule has 0 saturated heterocycles. The second-order valence-corrected chi connectivity index (χ2v) is 6.71. The molecule has 20 heavy (non-hydrogen) atoms. The van der Waals surface area contributed by atoms with Crippen LogP contribution >= 0.6 is 38.9 Å². The van der Waals surface area contributed by atoms with Crippen LogP contribution in [0.1, 0.15) is 10.4 Å². The maximum absolute atomic E-state index is 11.2. The maximum Gasteiger partial charge on any atom is 0.153 e. The van der Waals surface area contributed by atoms with Gasteiger partial charge in [-0.2, -0.15) is 5.10 Å². The Balaban J connectivity index is 2.09. The lowest BCUT2D eigenvalue weighted by Gasteiger charge is -2.00. The Morgan fingerprint density at radius 2 is 1.95 bits per heavy atom. The van der Waals surface area contributed by atoms with E-state index >= 15 is 0 Å². The second-order valence-electron chi connectivity index (χ2n) is 4.08. The molecule has 3 rings (SSSR count). The van der Waals surface area contributed by atoms with Crippen LogP contribution in [0, 0.1) is 0 Å². The fraction of sp³-hybridized carbons (Fsp3) is 0. The van der Waals surface area contributed by atoms with E-state index in [4.69, 9.17) is 11.6 Å². The van der Waals surface area contributed by atoms with Crippen LogP contribution < -0.4 is 0 Å². The van der Waals surface area contributed by atoms with Crippen LogP contribution in [0.5, 0.6) is 0 Å². The third-order valence-electron chi connectivity index (χ3n) is 2.77. The molecule has 0 aliphatic carbocycles. The summed E-state index contributed by atoms with van der Waals surface area (Å²) >= 11 is 10.7. The molecule has 0 N–H and O–H groups in total. The van der Waals surface area contributed by atoms with Crippen molar-refractivity contribution >= 4 is 45.2 Å². The van der Waals surface area contributed by atoms with Crippen LogP contribution in [0.2, 0.25) is 4.34 Å². The van der Waals surface area contributed by atoms with Gasteiger partial charge >= 0.3 is 0 Å². The van der Waals surface area contributed by atoms with Gasteiger partial charge in [-0.25, -0.2) is 4.68 Å². The highest BCUT2D eigenvalue weighted by atomic mass is 79.9. The van der Waals surface area contributed by atoms with Gasteiger partial charge in [-0.05, 0) is 36.4 Å². The molecular weight excluding hydrogens is 360 g/mol. The molecule has 0 fully saturated rings. The predicted molar refractivity (Wildman–Crippen MR) is 85.0 cm³/mol. The fourth-order valence-corrected chi connectivity index (χ4v) is 3.15. The number of aldehydes is 1. The first-order chi connectivity index (χ1) is 9.67. The van der Waals surface area contributed by atoms with Gasteiger partial charge in [0.2, 0.25) is 0 Å². The molecule has 0 atom stereocenters. The summed E-state index contributed by atoms with van der Waals surface area (Å²) in [7, 11) is 0. The van der Waals surface area contributed by atoms with E-state index in [9.17, 15) is 4.79 Å². The van der Waals surface area contributed by atoms with E-state index in [1.165, 1.54) is 11.3 Å². The van der Waals surface area contributed by atoms with Crippen molar-refractivity contribution in [2.24, 2.45) is 0 Å². The summed E-state index contributed by atoms with van der Waals surface area (Å²) in [5.41, 5.74) is 2.09. The van der Waals surface area contributed by atoms with Gasteiger partial charge in [-0.3, -0.25) is 4.79 Å². The Morgan fingerprint density at radius 3 is 2.55 bits per heavy atom.